The van der Waals surface area contributed by atoms with Gasteiger partial charge in [0.1, 0.15) is 0 Å². The third kappa shape index (κ3) is 3.38. The van der Waals surface area contributed by atoms with Crippen LogP contribution in [0.1, 0.15) is 41.5 Å². The zero-order chi connectivity index (χ0) is 19.2. The molecule has 27 heavy (non-hydrogen) atoms. The second-order valence-corrected chi connectivity index (χ2v) is 8.25. The van der Waals surface area contributed by atoms with Gasteiger partial charge in [-0.3, -0.25) is 9.48 Å². The maximum absolute atomic E-state index is 13.0. The largest absolute Gasteiger partial charge is 0.454 e. The number of aromatic nitrogens is 2. The van der Waals surface area contributed by atoms with Crippen molar-refractivity contribution >= 4 is 17.5 Å². The Balaban J connectivity index is 1.51. The van der Waals surface area contributed by atoms with E-state index < -0.39 is 0 Å². The van der Waals surface area contributed by atoms with Crippen molar-refractivity contribution in [1.82, 2.24) is 14.7 Å². The normalized spacial score (nSPS) is 21.6. The van der Waals surface area contributed by atoms with Gasteiger partial charge in [-0.2, -0.15) is 5.10 Å². The van der Waals surface area contributed by atoms with Gasteiger partial charge >= 0.3 is 0 Å². The summed E-state index contributed by atoms with van der Waals surface area (Å²) in [7, 11) is 1.80. The summed E-state index contributed by atoms with van der Waals surface area (Å²) in [4.78, 5) is 14.9. The Morgan fingerprint density at radius 2 is 2.11 bits per heavy atom. The summed E-state index contributed by atoms with van der Waals surface area (Å²) < 4.78 is 12.5. The van der Waals surface area contributed by atoms with E-state index in [-0.39, 0.29) is 18.1 Å². The molecule has 144 valence electrons. The molecule has 0 N–H and O–H groups in total. The topological polar surface area (TPSA) is 56.6 Å². The number of benzene rings is 1. The van der Waals surface area contributed by atoms with Gasteiger partial charge in [0, 0.05) is 20.1 Å². The highest BCUT2D eigenvalue weighted by atomic mass is 35.5. The molecule has 2 aromatic rings. The highest BCUT2D eigenvalue weighted by Crippen LogP contribution is 2.38. The first-order valence-corrected chi connectivity index (χ1v) is 9.61. The number of carbonyl (C=O) groups excluding carboxylic acids is 1. The van der Waals surface area contributed by atoms with Crippen LogP contribution in [0.5, 0.6) is 11.5 Å². The van der Waals surface area contributed by atoms with Gasteiger partial charge < -0.3 is 14.4 Å². The van der Waals surface area contributed by atoms with E-state index in [0.29, 0.717) is 17.3 Å². The van der Waals surface area contributed by atoms with E-state index >= 15 is 0 Å². The van der Waals surface area contributed by atoms with Crippen molar-refractivity contribution in [1.29, 1.82) is 0 Å². The summed E-state index contributed by atoms with van der Waals surface area (Å²) in [5.74, 6) is 1.51. The molecule has 2 aliphatic rings. The number of aryl methyl sites for hydroxylation is 1. The molecule has 4 rings (SSSR count). The van der Waals surface area contributed by atoms with Crippen molar-refractivity contribution in [3.05, 3.63) is 40.2 Å². The monoisotopic (exact) mass is 389 g/mol. The highest BCUT2D eigenvalue weighted by Gasteiger charge is 2.35. The number of carbonyl (C=O) groups is 1. The Morgan fingerprint density at radius 1 is 1.33 bits per heavy atom. The SMILES string of the molecule is Cc1c(Cl)c(C(=O)N2CCC[C@](C)(Cc3ccc4c(c3)OCO4)C2)nn1C. The third-order valence-electron chi connectivity index (χ3n) is 5.60. The number of nitrogens with zero attached hydrogens (tertiary/aromatic N) is 3. The van der Waals surface area contributed by atoms with Crippen LogP contribution in [0.4, 0.5) is 0 Å². The van der Waals surface area contributed by atoms with Gasteiger partial charge in [0.15, 0.2) is 17.2 Å². The standard InChI is InChI=1S/C20H24ClN3O3/c1-13-17(21)18(22-23(13)3)19(25)24-8-4-7-20(2,11-24)10-14-5-6-15-16(9-14)27-12-26-15/h5-6,9H,4,7-8,10-12H2,1-3H3/t20-/m1/s1. The van der Waals surface area contributed by atoms with Crippen LogP contribution in [0.25, 0.3) is 0 Å². The van der Waals surface area contributed by atoms with Crippen molar-refractivity contribution in [3.8, 4) is 11.5 Å². The Labute approximate surface area is 164 Å². The van der Waals surface area contributed by atoms with Crippen molar-refractivity contribution in [3.63, 3.8) is 0 Å². The Hall–Kier alpha value is -2.21. The summed E-state index contributed by atoms with van der Waals surface area (Å²) >= 11 is 6.33. The Kier molecular flexibility index (Phi) is 4.54. The molecule has 0 aliphatic carbocycles. The molecule has 1 aromatic heterocycles. The van der Waals surface area contributed by atoms with Crippen LogP contribution in [0.3, 0.4) is 0 Å². The predicted octanol–water partition coefficient (Wildman–Crippen LogP) is 3.60. The highest BCUT2D eigenvalue weighted by molar-refractivity contribution is 6.34. The molecule has 1 amide bonds. The van der Waals surface area contributed by atoms with Crippen molar-refractivity contribution in [2.45, 2.75) is 33.1 Å². The maximum atomic E-state index is 13.0. The van der Waals surface area contributed by atoms with E-state index in [1.54, 1.807) is 11.7 Å². The van der Waals surface area contributed by atoms with E-state index in [4.69, 9.17) is 21.1 Å². The molecule has 0 bridgehead atoms. The van der Waals surface area contributed by atoms with E-state index in [9.17, 15) is 4.79 Å². The average Bonchev–Trinajstić information content (AvgIpc) is 3.20. The van der Waals surface area contributed by atoms with Crippen LogP contribution in [-0.4, -0.2) is 40.5 Å². The second-order valence-electron chi connectivity index (χ2n) is 7.88. The summed E-state index contributed by atoms with van der Waals surface area (Å²) in [6.45, 7) is 5.81. The van der Waals surface area contributed by atoms with Crippen LogP contribution in [0, 0.1) is 12.3 Å². The molecule has 0 spiro atoms. The Bertz CT molecular complexity index is 895. The van der Waals surface area contributed by atoms with E-state index in [2.05, 4.69) is 18.1 Å². The number of likely N-dealkylation sites (tertiary alicyclic amines) is 1. The van der Waals surface area contributed by atoms with Crippen molar-refractivity contribution in [2.75, 3.05) is 19.9 Å². The van der Waals surface area contributed by atoms with E-state index in [1.807, 2.05) is 24.0 Å². The first-order chi connectivity index (χ1) is 12.9. The fraction of sp³-hybridized carbons (Fsp3) is 0.500. The maximum Gasteiger partial charge on any atom is 0.275 e. The number of ether oxygens (including phenoxy) is 2. The lowest BCUT2D eigenvalue weighted by molar-refractivity contribution is 0.0544. The van der Waals surface area contributed by atoms with Crippen LogP contribution >= 0.6 is 11.6 Å². The first-order valence-electron chi connectivity index (χ1n) is 9.23. The van der Waals surface area contributed by atoms with Gasteiger partial charge in [-0.05, 0) is 49.3 Å². The fourth-order valence-corrected chi connectivity index (χ4v) is 4.29. The number of piperidine rings is 1. The molecule has 0 saturated carbocycles. The minimum atomic E-state index is -0.0830. The number of hydrogen-bond acceptors (Lipinski definition) is 4. The quantitative estimate of drug-likeness (QED) is 0.804. The molecule has 1 atom stereocenters. The number of amides is 1. The van der Waals surface area contributed by atoms with E-state index in [1.165, 1.54) is 5.56 Å². The summed E-state index contributed by atoms with van der Waals surface area (Å²) in [5, 5.41) is 4.77. The smallest absolute Gasteiger partial charge is 0.275 e. The zero-order valence-electron chi connectivity index (χ0n) is 15.9. The lowest BCUT2D eigenvalue weighted by Gasteiger charge is -2.40. The molecule has 7 heteroatoms. The molecular formula is C20H24ClN3O3. The van der Waals surface area contributed by atoms with Crippen molar-refractivity contribution in [2.24, 2.45) is 12.5 Å². The molecule has 2 aliphatic heterocycles. The molecular weight excluding hydrogens is 366 g/mol. The number of rotatable bonds is 3. The lowest BCUT2D eigenvalue weighted by atomic mass is 9.77. The molecule has 6 nitrogen and oxygen atoms in total. The number of fused-ring (bicyclic) bond motifs is 1. The van der Waals surface area contributed by atoms with Crippen LogP contribution in [-0.2, 0) is 13.5 Å². The zero-order valence-corrected chi connectivity index (χ0v) is 16.7. The van der Waals surface area contributed by atoms with Gasteiger partial charge in [0.25, 0.3) is 5.91 Å². The minimum absolute atomic E-state index is 0.00207. The van der Waals surface area contributed by atoms with Gasteiger partial charge in [-0.25, -0.2) is 0 Å². The van der Waals surface area contributed by atoms with E-state index in [0.717, 1.165) is 43.0 Å². The van der Waals surface area contributed by atoms with Crippen molar-refractivity contribution < 1.29 is 14.3 Å². The molecule has 1 aromatic carbocycles. The first kappa shape index (κ1) is 18.2. The molecule has 1 fully saturated rings. The van der Waals surface area contributed by atoms with Crippen LogP contribution in [0.15, 0.2) is 18.2 Å². The van der Waals surface area contributed by atoms with Gasteiger partial charge in [-0.1, -0.05) is 24.6 Å². The summed E-state index contributed by atoms with van der Waals surface area (Å²) in [6, 6.07) is 6.09. The summed E-state index contributed by atoms with van der Waals surface area (Å²) in [6.07, 6.45) is 2.92. The van der Waals surface area contributed by atoms with Crippen LogP contribution in [0.2, 0.25) is 5.02 Å². The predicted molar refractivity (Wildman–Crippen MR) is 102 cm³/mol. The third-order valence-corrected chi connectivity index (χ3v) is 6.05. The fourth-order valence-electron chi connectivity index (χ4n) is 4.05. The molecule has 0 unspecified atom stereocenters. The summed E-state index contributed by atoms with van der Waals surface area (Å²) in [5.41, 5.74) is 2.35. The molecule has 3 heterocycles. The van der Waals surface area contributed by atoms with Gasteiger partial charge in [-0.15, -0.1) is 0 Å². The molecule has 1 saturated heterocycles. The van der Waals surface area contributed by atoms with Gasteiger partial charge in [0.05, 0.1) is 10.7 Å². The average molecular weight is 390 g/mol. The van der Waals surface area contributed by atoms with Crippen LogP contribution < -0.4 is 9.47 Å². The van der Waals surface area contributed by atoms with Gasteiger partial charge in [0.2, 0.25) is 6.79 Å². The second kappa shape index (κ2) is 6.75. The minimum Gasteiger partial charge on any atom is -0.454 e. The Morgan fingerprint density at radius 3 is 2.85 bits per heavy atom. The molecule has 0 radical (unpaired) electrons. The number of halogens is 1. The number of hydrogen-bond donors (Lipinski definition) is 0. The lowest BCUT2D eigenvalue weighted by Crippen LogP contribution is -2.46.